The van der Waals surface area contributed by atoms with Gasteiger partial charge in [-0.05, 0) is 36.7 Å². The molecule has 126 valence electrons. The molecule has 1 aliphatic rings. The number of amides is 2. The smallest absolute Gasteiger partial charge is 0.248 e. The van der Waals surface area contributed by atoms with Crippen LogP contribution in [0.3, 0.4) is 0 Å². The van der Waals surface area contributed by atoms with E-state index in [-0.39, 0.29) is 11.3 Å². The summed E-state index contributed by atoms with van der Waals surface area (Å²) < 4.78 is 5.55. The highest BCUT2D eigenvalue weighted by Gasteiger charge is 2.40. The third-order valence-electron chi connectivity index (χ3n) is 4.78. The van der Waals surface area contributed by atoms with E-state index in [0.29, 0.717) is 43.3 Å². The number of carbonyl (C=O) groups excluding carboxylic acids is 2. The number of nitrogens with two attached hydrogens (primary N) is 2. The first-order chi connectivity index (χ1) is 10.9. The van der Waals surface area contributed by atoms with Crippen molar-refractivity contribution in [1.29, 1.82) is 0 Å². The number of primary amides is 1. The molecule has 0 aromatic heterocycles. The van der Waals surface area contributed by atoms with Crippen LogP contribution in [0.2, 0.25) is 0 Å². The zero-order chi connectivity index (χ0) is 17.0. The molecule has 1 saturated heterocycles. The van der Waals surface area contributed by atoms with Crippen molar-refractivity contribution in [3.8, 4) is 5.75 Å². The van der Waals surface area contributed by atoms with E-state index in [1.807, 2.05) is 4.90 Å². The van der Waals surface area contributed by atoms with Crippen LogP contribution in [0.1, 0.15) is 30.6 Å². The second-order valence-electron chi connectivity index (χ2n) is 6.52. The molecule has 1 aliphatic heterocycles. The maximum absolute atomic E-state index is 12.3. The van der Waals surface area contributed by atoms with E-state index in [0.717, 1.165) is 6.54 Å². The molecule has 2 amide bonds. The monoisotopic (exact) mass is 319 g/mol. The number of hydrogen-bond acceptors (Lipinski definition) is 4. The number of nitrogens with zero attached hydrogens (tertiary/aromatic N) is 1. The molecule has 0 saturated carbocycles. The van der Waals surface area contributed by atoms with Crippen LogP contribution in [-0.4, -0.2) is 43.0 Å². The zero-order valence-corrected chi connectivity index (χ0v) is 13.7. The molecule has 0 bridgehead atoms. The van der Waals surface area contributed by atoms with Gasteiger partial charge in [-0.15, -0.1) is 0 Å². The molecule has 4 N–H and O–H groups in total. The Morgan fingerprint density at radius 2 is 2.00 bits per heavy atom. The largest absolute Gasteiger partial charge is 0.493 e. The number of hydrogen-bond donors (Lipinski definition) is 2. The van der Waals surface area contributed by atoms with Crippen molar-refractivity contribution >= 4 is 11.8 Å². The van der Waals surface area contributed by atoms with Gasteiger partial charge in [-0.3, -0.25) is 9.59 Å². The maximum Gasteiger partial charge on any atom is 0.248 e. The number of carbonyl (C=O) groups is 2. The van der Waals surface area contributed by atoms with Crippen LogP contribution in [0.4, 0.5) is 0 Å². The Balaban J connectivity index is 1.80. The second-order valence-corrected chi connectivity index (χ2v) is 6.52. The Hall–Kier alpha value is -2.08. The predicted octanol–water partition coefficient (Wildman–Crippen LogP) is 0.998. The molecule has 2 atom stereocenters. The quantitative estimate of drug-likeness (QED) is 0.817. The standard InChI is InChI=1S/C17H25N3O3/c1-12-9-20(11-17(12,2)10-18)15(21)7-8-23-14-5-3-13(4-6-14)16(19)22/h3-6,12H,7-11,18H2,1-2H3,(H2,19,22)/t12-,17-/m1/s1. The van der Waals surface area contributed by atoms with Crippen LogP contribution in [0, 0.1) is 11.3 Å². The minimum atomic E-state index is -0.474. The van der Waals surface area contributed by atoms with Crippen LogP contribution < -0.4 is 16.2 Å². The zero-order valence-electron chi connectivity index (χ0n) is 13.7. The van der Waals surface area contributed by atoms with E-state index < -0.39 is 5.91 Å². The van der Waals surface area contributed by atoms with Gasteiger partial charge in [0, 0.05) is 24.1 Å². The van der Waals surface area contributed by atoms with Crippen molar-refractivity contribution in [2.45, 2.75) is 20.3 Å². The van der Waals surface area contributed by atoms with Crippen LogP contribution in [0.5, 0.6) is 5.75 Å². The van der Waals surface area contributed by atoms with E-state index in [4.69, 9.17) is 16.2 Å². The molecular formula is C17H25N3O3. The van der Waals surface area contributed by atoms with Crippen LogP contribution >= 0.6 is 0 Å². The van der Waals surface area contributed by atoms with Crippen LogP contribution in [0.15, 0.2) is 24.3 Å². The first-order valence-electron chi connectivity index (χ1n) is 7.86. The third-order valence-corrected chi connectivity index (χ3v) is 4.78. The average molecular weight is 319 g/mol. The molecule has 6 heteroatoms. The van der Waals surface area contributed by atoms with Gasteiger partial charge < -0.3 is 21.1 Å². The van der Waals surface area contributed by atoms with Crippen molar-refractivity contribution < 1.29 is 14.3 Å². The Morgan fingerprint density at radius 3 is 2.52 bits per heavy atom. The van der Waals surface area contributed by atoms with Crippen molar-refractivity contribution in [2.75, 3.05) is 26.2 Å². The number of likely N-dealkylation sites (tertiary alicyclic amines) is 1. The number of benzene rings is 1. The first-order valence-corrected chi connectivity index (χ1v) is 7.86. The van der Waals surface area contributed by atoms with Crippen LogP contribution in [-0.2, 0) is 4.79 Å². The van der Waals surface area contributed by atoms with Crippen molar-refractivity contribution in [3.63, 3.8) is 0 Å². The summed E-state index contributed by atoms with van der Waals surface area (Å²) in [5.74, 6) is 0.628. The lowest BCUT2D eigenvalue weighted by Gasteiger charge is -2.25. The Labute approximate surface area is 136 Å². The fourth-order valence-electron chi connectivity index (χ4n) is 2.79. The maximum atomic E-state index is 12.3. The average Bonchev–Trinajstić information content (AvgIpc) is 2.84. The van der Waals surface area contributed by atoms with Gasteiger partial charge in [0.2, 0.25) is 11.8 Å². The van der Waals surface area contributed by atoms with E-state index in [9.17, 15) is 9.59 Å². The highest BCUT2D eigenvalue weighted by Crippen LogP contribution is 2.34. The molecule has 0 unspecified atom stereocenters. The summed E-state index contributed by atoms with van der Waals surface area (Å²) in [6.07, 6.45) is 0.324. The molecule has 1 aromatic carbocycles. The van der Waals surface area contributed by atoms with E-state index in [1.165, 1.54) is 0 Å². The molecule has 2 rings (SSSR count). The predicted molar refractivity (Wildman–Crippen MR) is 88.0 cm³/mol. The fourth-order valence-corrected chi connectivity index (χ4v) is 2.79. The summed E-state index contributed by atoms with van der Waals surface area (Å²) in [5, 5.41) is 0. The lowest BCUT2D eigenvalue weighted by Crippen LogP contribution is -2.36. The molecule has 0 spiro atoms. The Bertz CT molecular complexity index is 573. The molecular weight excluding hydrogens is 294 g/mol. The molecule has 1 heterocycles. The second kappa shape index (κ2) is 7.00. The minimum absolute atomic E-state index is 0.00110. The molecule has 0 radical (unpaired) electrons. The molecule has 0 aliphatic carbocycles. The summed E-state index contributed by atoms with van der Waals surface area (Å²) in [7, 11) is 0. The van der Waals surface area contributed by atoms with Gasteiger partial charge >= 0.3 is 0 Å². The van der Waals surface area contributed by atoms with Crippen LogP contribution in [0.25, 0.3) is 0 Å². The first kappa shape index (κ1) is 17.3. The van der Waals surface area contributed by atoms with Gasteiger partial charge in [-0.25, -0.2) is 0 Å². The Kier molecular flexibility index (Phi) is 5.26. The number of rotatable bonds is 6. The summed E-state index contributed by atoms with van der Waals surface area (Å²) in [6, 6.07) is 6.56. The topological polar surface area (TPSA) is 98.6 Å². The summed E-state index contributed by atoms with van der Waals surface area (Å²) in [5.41, 5.74) is 11.4. The third kappa shape index (κ3) is 4.01. The van der Waals surface area contributed by atoms with E-state index in [1.54, 1.807) is 24.3 Å². The van der Waals surface area contributed by atoms with E-state index >= 15 is 0 Å². The van der Waals surface area contributed by atoms with Crippen molar-refractivity contribution in [2.24, 2.45) is 22.8 Å². The minimum Gasteiger partial charge on any atom is -0.493 e. The number of ether oxygens (including phenoxy) is 1. The SMILES string of the molecule is C[C@@H]1CN(C(=O)CCOc2ccc(C(N)=O)cc2)C[C@@]1(C)CN. The molecule has 6 nitrogen and oxygen atoms in total. The Morgan fingerprint density at radius 1 is 1.35 bits per heavy atom. The summed E-state index contributed by atoms with van der Waals surface area (Å²) >= 11 is 0. The van der Waals surface area contributed by atoms with Gasteiger partial charge in [-0.1, -0.05) is 13.8 Å². The van der Waals surface area contributed by atoms with Crippen molar-refractivity contribution in [1.82, 2.24) is 4.90 Å². The lowest BCUT2D eigenvalue weighted by atomic mass is 9.81. The summed E-state index contributed by atoms with van der Waals surface area (Å²) in [4.78, 5) is 25.1. The van der Waals surface area contributed by atoms with E-state index in [2.05, 4.69) is 13.8 Å². The summed E-state index contributed by atoms with van der Waals surface area (Å²) in [6.45, 7) is 6.61. The van der Waals surface area contributed by atoms with Gasteiger partial charge in [0.25, 0.3) is 0 Å². The van der Waals surface area contributed by atoms with Gasteiger partial charge in [0.15, 0.2) is 0 Å². The molecule has 1 fully saturated rings. The van der Waals surface area contributed by atoms with Gasteiger partial charge in [0.05, 0.1) is 13.0 Å². The highest BCUT2D eigenvalue weighted by atomic mass is 16.5. The normalized spacial score (nSPS) is 23.8. The van der Waals surface area contributed by atoms with Crippen molar-refractivity contribution in [3.05, 3.63) is 29.8 Å². The fraction of sp³-hybridized carbons (Fsp3) is 0.529. The highest BCUT2D eigenvalue weighted by molar-refractivity contribution is 5.92. The molecule has 23 heavy (non-hydrogen) atoms. The van der Waals surface area contributed by atoms with Gasteiger partial charge in [0.1, 0.15) is 5.75 Å². The van der Waals surface area contributed by atoms with Gasteiger partial charge in [-0.2, -0.15) is 0 Å². The molecule has 1 aromatic rings. The lowest BCUT2D eigenvalue weighted by molar-refractivity contribution is -0.131.